The van der Waals surface area contributed by atoms with E-state index in [0.717, 1.165) is 56.4 Å². The smallest absolute Gasteiger partial charge is 0.328 e. The molecule has 1 N–H and O–H groups in total. The normalized spacial score (nSPS) is 23.0. The second-order valence-electron chi connectivity index (χ2n) is 10.7. The Morgan fingerprint density at radius 1 is 1.23 bits per heavy atom. The molecule has 0 bridgehead atoms. The minimum atomic E-state index is -1.28. The molecule has 8 nitrogen and oxygen atoms in total. The third kappa shape index (κ3) is 5.46. The molecule has 0 unspecified atom stereocenters. The number of rotatable bonds is 8. The van der Waals surface area contributed by atoms with Crippen LogP contribution in [0.25, 0.3) is 6.08 Å². The summed E-state index contributed by atoms with van der Waals surface area (Å²) in [6.07, 6.45) is 7.56. The van der Waals surface area contributed by atoms with E-state index in [0.29, 0.717) is 40.9 Å². The Labute approximate surface area is 236 Å². The summed E-state index contributed by atoms with van der Waals surface area (Å²) in [6, 6.07) is 10.4. The summed E-state index contributed by atoms with van der Waals surface area (Å²) in [7, 11) is 0. The number of likely N-dealkylation sites (tertiary alicyclic amines) is 1. The van der Waals surface area contributed by atoms with E-state index in [9.17, 15) is 9.18 Å². The number of carboxylic acid groups (broad SMARTS) is 1. The molecule has 0 saturated carbocycles. The Hall–Kier alpha value is -3.40. The maximum absolute atomic E-state index is 14.8. The summed E-state index contributed by atoms with van der Waals surface area (Å²) < 4.78 is 34.9. The lowest BCUT2D eigenvalue weighted by molar-refractivity contribution is -0.131. The van der Waals surface area contributed by atoms with E-state index in [1.165, 1.54) is 12.1 Å². The van der Waals surface area contributed by atoms with Crippen molar-refractivity contribution in [2.24, 2.45) is 0 Å². The number of hydrogen-bond acceptors (Lipinski definition) is 6. The average Bonchev–Trinajstić information content (AvgIpc) is 3.45. The van der Waals surface area contributed by atoms with Crippen LogP contribution >= 0.6 is 11.6 Å². The van der Waals surface area contributed by atoms with Crippen molar-refractivity contribution in [3.63, 3.8) is 0 Å². The highest BCUT2D eigenvalue weighted by Crippen LogP contribution is 2.49. The topological polar surface area (TPSA) is 86.1 Å². The number of ether oxygens (including phenoxy) is 3. The lowest BCUT2D eigenvalue weighted by atomic mass is 9.88. The van der Waals surface area contributed by atoms with Gasteiger partial charge in [-0.15, -0.1) is 0 Å². The van der Waals surface area contributed by atoms with Crippen LogP contribution in [0.5, 0.6) is 11.5 Å². The van der Waals surface area contributed by atoms with Crippen molar-refractivity contribution in [2.75, 3.05) is 19.7 Å². The summed E-state index contributed by atoms with van der Waals surface area (Å²) >= 11 is 5.95. The van der Waals surface area contributed by atoms with E-state index in [1.807, 2.05) is 18.3 Å². The van der Waals surface area contributed by atoms with Gasteiger partial charge in [0.25, 0.3) is 5.79 Å². The van der Waals surface area contributed by atoms with Gasteiger partial charge >= 0.3 is 5.97 Å². The first-order valence-electron chi connectivity index (χ1n) is 13.5. The molecule has 3 aliphatic heterocycles. The van der Waals surface area contributed by atoms with Crippen molar-refractivity contribution < 1.29 is 28.5 Å². The van der Waals surface area contributed by atoms with Crippen LogP contribution in [0.2, 0.25) is 5.02 Å². The molecule has 0 aliphatic carbocycles. The zero-order valence-corrected chi connectivity index (χ0v) is 22.9. The molecule has 3 aliphatic rings. The van der Waals surface area contributed by atoms with Gasteiger partial charge in [0, 0.05) is 36.4 Å². The summed E-state index contributed by atoms with van der Waals surface area (Å²) in [6.45, 7) is 5.61. The Morgan fingerprint density at radius 3 is 2.73 bits per heavy atom. The van der Waals surface area contributed by atoms with Gasteiger partial charge in [0.15, 0.2) is 11.5 Å². The number of imidazole rings is 1. The van der Waals surface area contributed by atoms with Crippen molar-refractivity contribution in [3.05, 3.63) is 82.2 Å². The fraction of sp³-hybridized carbons (Fsp3) is 0.400. The zero-order valence-electron chi connectivity index (χ0n) is 22.2. The van der Waals surface area contributed by atoms with Crippen LogP contribution in [0, 0.1) is 5.82 Å². The second-order valence-corrected chi connectivity index (χ2v) is 11.1. The van der Waals surface area contributed by atoms with Crippen LogP contribution in [0.4, 0.5) is 4.39 Å². The van der Waals surface area contributed by atoms with Gasteiger partial charge in [-0.25, -0.2) is 14.2 Å². The molecule has 0 spiro atoms. The number of hydrogen-bond donors (Lipinski definition) is 1. The molecule has 4 heterocycles. The molecular formula is C30H31ClFN3O5. The van der Waals surface area contributed by atoms with Crippen molar-refractivity contribution in [1.82, 2.24) is 14.5 Å². The largest absolute Gasteiger partial charge is 0.478 e. The third-order valence-corrected chi connectivity index (χ3v) is 8.13. The van der Waals surface area contributed by atoms with Crippen LogP contribution in [0.3, 0.4) is 0 Å². The molecular weight excluding hydrogens is 537 g/mol. The van der Waals surface area contributed by atoms with E-state index in [2.05, 4.69) is 15.5 Å². The third-order valence-electron chi connectivity index (χ3n) is 7.89. The zero-order chi connectivity index (χ0) is 27.9. The number of aliphatic carboxylic acids is 1. The van der Waals surface area contributed by atoms with Gasteiger partial charge in [0.1, 0.15) is 11.6 Å². The van der Waals surface area contributed by atoms with Crippen LogP contribution in [0.1, 0.15) is 54.7 Å². The maximum atomic E-state index is 14.8. The van der Waals surface area contributed by atoms with Gasteiger partial charge in [0.05, 0.1) is 30.5 Å². The van der Waals surface area contributed by atoms with E-state index in [1.54, 1.807) is 19.1 Å². The second kappa shape index (κ2) is 10.9. The van der Waals surface area contributed by atoms with Crippen LogP contribution in [-0.4, -0.2) is 51.3 Å². The molecule has 2 aromatic carbocycles. The Balaban J connectivity index is 1.14. The summed E-state index contributed by atoms with van der Waals surface area (Å²) in [5.41, 5.74) is 2.00. The number of halogens is 2. The Bertz CT molecular complexity index is 1450. The van der Waals surface area contributed by atoms with Crippen LogP contribution < -0.4 is 9.47 Å². The maximum Gasteiger partial charge on any atom is 0.328 e. The molecule has 40 heavy (non-hydrogen) atoms. The molecule has 6 rings (SSSR count). The average molecular weight is 568 g/mol. The van der Waals surface area contributed by atoms with Crippen molar-refractivity contribution >= 4 is 23.6 Å². The minimum absolute atomic E-state index is 0.171. The standard InChI is InChI=1S/C30H31ClFN3O5/c1-30(24-7-5-20(31)15-25(24)32)39-26-4-2-3-23(29(26)40-30)19-9-12-34(13-10-19)18-27-33-21(6-8-28(36)37)16-35(27)17-22-11-14-38-22/h2-8,15-16,19,22H,9-14,17-18H2,1H3,(H,36,37)/b8-6+/t22-,30-/m0/s1. The van der Waals surface area contributed by atoms with Gasteiger partial charge < -0.3 is 23.9 Å². The number of carbonyl (C=O) groups is 1. The van der Waals surface area contributed by atoms with Gasteiger partial charge in [-0.3, -0.25) is 4.90 Å². The van der Waals surface area contributed by atoms with Gasteiger partial charge in [-0.2, -0.15) is 0 Å². The molecule has 0 amide bonds. The predicted octanol–water partition coefficient (Wildman–Crippen LogP) is 5.59. The molecule has 2 saturated heterocycles. The van der Waals surface area contributed by atoms with Crippen LogP contribution in [-0.2, 0) is 28.4 Å². The SMILES string of the molecule is C[C@]1(c2ccc(Cl)cc2F)Oc2cccc(C3CCN(Cc4nc(/C=C/C(=O)O)cn4C[C@@H]4CCO4)CC3)c2O1. The summed E-state index contributed by atoms with van der Waals surface area (Å²) in [5, 5.41) is 9.32. The lowest BCUT2D eigenvalue weighted by Crippen LogP contribution is -2.35. The quantitative estimate of drug-likeness (QED) is 0.355. The molecule has 1 aromatic heterocycles. The lowest BCUT2D eigenvalue weighted by Gasteiger charge is -2.33. The molecule has 10 heteroatoms. The summed E-state index contributed by atoms with van der Waals surface area (Å²) in [4.78, 5) is 18.1. The number of aromatic nitrogens is 2. The molecule has 0 radical (unpaired) electrons. The van der Waals surface area contributed by atoms with Gasteiger partial charge in [-0.05, 0) is 68.6 Å². The number of para-hydroxylation sites is 1. The van der Waals surface area contributed by atoms with Crippen molar-refractivity contribution in [2.45, 2.75) is 57.1 Å². The van der Waals surface area contributed by atoms with E-state index in [4.69, 9.17) is 35.9 Å². The first-order valence-corrected chi connectivity index (χ1v) is 13.9. The molecule has 210 valence electrons. The Morgan fingerprint density at radius 2 is 2.02 bits per heavy atom. The van der Waals surface area contributed by atoms with Crippen LogP contribution in [0.15, 0.2) is 48.7 Å². The summed E-state index contributed by atoms with van der Waals surface area (Å²) in [5.74, 6) is -0.298. The monoisotopic (exact) mass is 567 g/mol. The van der Waals surface area contributed by atoms with Crippen molar-refractivity contribution in [3.8, 4) is 11.5 Å². The number of nitrogens with zero attached hydrogens (tertiary/aromatic N) is 3. The van der Waals surface area contributed by atoms with Gasteiger partial charge in [0.2, 0.25) is 0 Å². The highest BCUT2D eigenvalue weighted by molar-refractivity contribution is 6.30. The Kier molecular flexibility index (Phi) is 7.29. The highest BCUT2D eigenvalue weighted by Gasteiger charge is 2.43. The number of fused-ring (bicyclic) bond motifs is 1. The fourth-order valence-corrected chi connectivity index (χ4v) is 5.84. The fourth-order valence-electron chi connectivity index (χ4n) is 5.68. The number of piperidine rings is 1. The number of benzene rings is 2. The first-order chi connectivity index (χ1) is 19.3. The first kappa shape index (κ1) is 26.8. The van der Waals surface area contributed by atoms with E-state index < -0.39 is 17.6 Å². The molecule has 3 aromatic rings. The van der Waals surface area contributed by atoms with Gasteiger partial charge in [-0.1, -0.05) is 23.7 Å². The number of carboxylic acids is 1. The highest BCUT2D eigenvalue weighted by atomic mass is 35.5. The minimum Gasteiger partial charge on any atom is -0.478 e. The van der Waals surface area contributed by atoms with E-state index in [-0.39, 0.29) is 12.0 Å². The van der Waals surface area contributed by atoms with Crippen molar-refractivity contribution in [1.29, 1.82) is 0 Å². The predicted molar refractivity (Wildman–Crippen MR) is 147 cm³/mol. The molecule has 2 atom stereocenters. The van der Waals surface area contributed by atoms with E-state index >= 15 is 0 Å². The molecule has 2 fully saturated rings.